The summed E-state index contributed by atoms with van der Waals surface area (Å²) in [4.78, 5) is 37.4. The molecule has 0 unspecified atom stereocenters. The average Bonchev–Trinajstić information content (AvgIpc) is 3.66. The molecule has 4 aromatic rings. The molecule has 2 amide bonds. The summed E-state index contributed by atoms with van der Waals surface area (Å²) in [6.45, 7) is 0.112. The van der Waals surface area contributed by atoms with Gasteiger partial charge in [0.05, 0.1) is 19.6 Å². The highest BCUT2D eigenvalue weighted by molar-refractivity contribution is 6.05. The van der Waals surface area contributed by atoms with E-state index in [1.54, 1.807) is 54.6 Å². The van der Waals surface area contributed by atoms with E-state index in [1.807, 2.05) is 0 Å². The van der Waals surface area contributed by atoms with Gasteiger partial charge in [-0.15, -0.1) is 0 Å². The highest BCUT2D eigenvalue weighted by Gasteiger charge is 2.17. The molecule has 2 heterocycles. The summed E-state index contributed by atoms with van der Waals surface area (Å²) in [5.74, 6) is 0.0982. The molecule has 0 bridgehead atoms. The molecule has 2 N–H and O–H groups in total. The molecule has 1 aliphatic rings. The number of esters is 1. The van der Waals surface area contributed by atoms with Crippen molar-refractivity contribution in [1.82, 2.24) is 5.43 Å². The number of anilines is 1. The van der Waals surface area contributed by atoms with Gasteiger partial charge in [0.15, 0.2) is 23.0 Å². The summed E-state index contributed by atoms with van der Waals surface area (Å²) in [6, 6.07) is 19.1. The van der Waals surface area contributed by atoms with Gasteiger partial charge in [0, 0.05) is 16.8 Å². The minimum absolute atomic E-state index is 0.0574. The first-order chi connectivity index (χ1) is 19.0. The van der Waals surface area contributed by atoms with Gasteiger partial charge in [-0.3, -0.25) is 9.59 Å². The molecule has 0 radical (unpaired) electrons. The summed E-state index contributed by atoms with van der Waals surface area (Å²) in [5, 5.41) is 6.74. The fourth-order valence-corrected chi connectivity index (χ4v) is 3.60. The summed E-state index contributed by atoms with van der Waals surface area (Å²) < 4.78 is 26.2. The number of fused-ring (bicyclic) bond motifs is 1. The van der Waals surface area contributed by atoms with E-state index in [0.29, 0.717) is 28.3 Å². The van der Waals surface area contributed by atoms with Crippen LogP contribution in [-0.4, -0.2) is 37.9 Å². The van der Waals surface area contributed by atoms with Crippen LogP contribution in [0.4, 0.5) is 5.69 Å². The topological polar surface area (TPSA) is 138 Å². The number of hydrogen-bond donors (Lipinski definition) is 2. The lowest BCUT2D eigenvalue weighted by molar-refractivity contribution is 0.0696. The number of carbonyl (C=O) groups excluding carboxylic acids is 3. The number of methoxy groups -OCH3 is 1. The zero-order chi connectivity index (χ0) is 27.2. The van der Waals surface area contributed by atoms with E-state index in [9.17, 15) is 14.4 Å². The molecule has 3 aromatic carbocycles. The van der Waals surface area contributed by atoms with Crippen molar-refractivity contribution in [2.24, 2.45) is 5.10 Å². The monoisotopic (exact) mass is 527 g/mol. The lowest BCUT2D eigenvalue weighted by Crippen LogP contribution is -2.18. The van der Waals surface area contributed by atoms with Crippen LogP contribution >= 0.6 is 0 Å². The van der Waals surface area contributed by atoms with Gasteiger partial charge in [0.1, 0.15) is 0 Å². The van der Waals surface area contributed by atoms with E-state index >= 15 is 0 Å². The van der Waals surface area contributed by atoms with Crippen LogP contribution in [0.1, 0.15) is 36.8 Å². The molecule has 0 saturated heterocycles. The first-order valence-corrected chi connectivity index (χ1v) is 11.6. The number of amides is 2. The Bertz CT molecular complexity index is 1560. The quantitative estimate of drug-likeness (QED) is 0.150. The molecular formula is C28H21N3O8. The van der Waals surface area contributed by atoms with E-state index in [0.717, 1.165) is 0 Å². The summed E-state index contributed by atoms with van der Waals surface area (Å²) in [6.07, 6.45) is 2.78. The van der Waals surface area contributed by atoms with Gasteiger partial charge in [-0.05, 0) is 72.3 Å². The smallest absolute Gasteiger partial charge is 0.379 e. The Hall–Kier alpha value is -5.58. The number of carbonyl (C=O) groups is 3. The number of nitrogens with zero attached hydrogens (tertiary/aromatic N) is 1. The highest BCUT2D eigenvalue weighted by atomic mass is 16.7. The molecule has 11 nitrogen and oxygen atoms in total. The number of ether oxygens (including phenoxy) is 4. The number of furan rings is 1. The van der Waals surface area contributed by atoms with Crippen molar-refractivity contribution in [3.05, 3.63) is 102 Å². The Kier molecular flexibility index (Phi) is 7.21. The molecule has 0 saturated carbocycles. The fraction of sp³-hybridized carbons (Fsp3) is 0.0714. The second kappa shape index (κ2) is 11.2. The van der Waals surface area contributed by atoms with Crippen molar-refractivity contribution in [2.75, 3.05) is 19.2 Å². The van der Waals surface area contributed by atoms with Crippen molar-refractivity contribution in [3.63, 3.8) is 0 Å². The highest BCUT2D eigenvalue weighted by Crippen LogP contribution is 2.32. The van der Waals surface area contributed by atoms with Crippen LogP contribution in [0.5, 0.6) is 23.0 Å². The number of nitrogens with one attached hydrogen (secondary N) is 2. The lowest BCUT2D eigenvalue weighted by atomic mass is 10.1. The van der Waals surface area contributed by atoms with Crippen LogP contribution in [0.3, 0.4) is 0 Å². The van der Waals surface area contributed by atoms with Crippen molar-refractivity contribution in [3.8, 4) is 23.0 Å². The van der Waals surface area contributed by atoms with E-state index in [4.69, 9.17) is 23.4 Å². The molecule has 0 fully saturated rings. The third kappa shape index (κ3) is 5.88. The van der Waals surface area contributed by atoms with E-state index < -0.39 is 11.9 Å². The van der Waals surface area contributed by atoms with Crippen LogP contribution in [0.15, 0.2) is 88.6 Å². The van der Waals surface area contributed by atoms with Crippen LogP contribution < -0.4 is 29.7 Å². The zero-order valence-corrected chi connectivity index (χ0v) is 20.5. The van der Waals surface area contributed by atoms with Crippen LogP contribution in [-0.2, 0) is 0 Å². The van der Waals surface area contributed by atoms with Gasteiger partial charge in [-0.2, -0.15) is 5.10 Å². The average molecular weight is 527 g/mol. The van der Waals surface area contributed by atoms with Crippen LogP contribution in [0.25, 0.3) is 0 Å². The molecule has 1 aromatic heterocycles. The third-order valence-electron chi connectivity index (χ3n) is 5.51. The molecule has 5 rings (SSSR count). The minimum Gasteiger partial charge on any atom is -0.493 e. The maximum Gasteiger partial charge on any atom is 0.379 e. The molecule has 39 heavy (non-hydrogen) atoms. The Morgan fingerprint density at radius 2 is 1.72 bits per heavy atom. The van der Waals surface area contributed by atoms with Gasteiger partial charge in [0.2, 0.25) is 12.6 Å². The van der Waals surface area contributed by atoms with Gasteiger partial charge in [-0.1, -0.05) is 6.07 Å². The molecule has 0 spiro atoms. The molecule has 196 valence electrons. The zero-order valence-electron chi connectivity index (χ0n) is 20.5. The van der Waals surface area contributed by atoms with Crippen LogP contribution in [0.2, 0.25) is 0 Å². The SMILES string of the molecule is COc1cc(C=NNC(=O)c2cccc(NC(=O)c3ccc4c(c3)OCO4)c2)ccc1OC(=O)c1ccco1. The van der Waals surface area contributed by atoms with Gasteiger partial charge >= 0.3 is 5.97 Å². The number of rotatable bonds is 8. The summed E-state index contributed by atoms with van der Waals surface area (Å²) in [5.41, 5.74) is 4.12. The number of hydrogen-bond acceptors (Lipinski definition) is 9. The minimum atomic E-state index is -0.665. The van der Waals surface area contributed by atoms with Gasteiger partial charge in [-0.25, -0.2) is 10.2 Å². The Morgan fingerprint density at radius 1 is 0.872 bits per heavy atom. The lowest BCUT2D eigenvalue weighted by Gasteiger charge is -2.09. The van der Waals surface area contributed by atoms with Crippen LogP contribution in [0, 0.1) is 0 Å². The van der Waals surface area contributed by atoms with Crippen molar-refractivity contribution >= 4 is 29.7 Å². The van der Waals surface area contributed by atoms with Crippen molar-refractivity contribution in [2.45, 2.75) is 0 Å². The second-order valence-corrected chi connectivity index (χ2v) is 8.08. The first kappa shape index (κ1) is 25.1. The summed E-state index contributed by atoms with van der Waals surface area (Å²) >= 11 is 0. The molecule has 0 atom stereocenters. The Morgan fingerprint density at radius 3 is 2.54 bits per heavy atom. The van der Waals surface area contributed by atoms with Gasteiger partial charge < -0.3 is 28.7 Å². The van der Waals surface area contributed by atoms with E-state index in [1.165, 1.54) is 37.8 Å². The summed E-state index contributed by atoms with van der Waals surface area (Å²) in [7, 11) is 1.43. The van der Waals surface area contributed by atoms with E-state index in [-0.39, 0.29) is 35.5 Å². The predicted octanol–water partition coefficient (Wildman–Crippen LogP) is 4.25. The maximum atomic E-state index is 12.6. The number of hydrazone groups is 1. The van der Waals surface area contributed by atoms with E-state index in [2.05, 4.69) is 15.8 Å². The van der Waals surface area contributed by atoms with Gasteiger partial charge in [0.25, 0.3) is 11.8 Å². The Balaban J connectivity index is 1.20. The normalized spacial score (nSPS) is 11.7. The third-order valence-corrected chi connectivity index (χ3v) is 5.51. The van der Waals surface area contributed by atoms with Crippen molar-refractivity contribution in [1.29, 1.82) is 0 Å². The maximum absolute atomic E-state index is 12.6. The Labute approximate surface area is 221 Å². The molecule has 11 heteroatoms. The fourth-order valence-electron chi connectivity index (χ4n) is 3.60. The molecular weight excluding hydrogens is 506 g/mol. The predicted molar refractivity (Wildman–Crippen MR) is 139 cm³/mol. The second-order valence-electron chi connectivity index (χ2n) is 8.08. The van der Waals surface area contributed by atoms with Crippen molar-refractivity contribution < 1.29 is 37.7 Å². The largest absolute Gasteiger partial charge is 0.493 e. The molecule has 1 aliphatic heterocycles. The number of benzene rings is 3. The molecule has 0 aliphatic carbocycles. The first-order valence-electron chi connectivity index (χ1n) is 11.6. The standard InChI is InChI=1S/C28H21N3O8/c1-35-24-12-17(7-9-22(24)39-28(34)23-6-3-11-36-23)15-29-31-27(33)18-4-2-5-20(13-18)30-26(32)19-8-10-21-25(14-19)38-16-37-21/h2-15H,16H2,1H3,(H,30,32)(H,31,33).